The number of rotatable bonds is 2. The minimum atomic E-state index is 0. The molecule has 3 aliphatic rings. The van der Waals surface area contributed by atoms with Gasteiger partial charge in [-0.3, -0.25) is 9.80 Å². The molecule has 1 aliphatic carbocycles. The molecule has 20 heavy (non-hydrogen) atoms. The van der Waals surface area contributed by atoms with Crippen LogP contribution < -0.4 is 5.32 Å². The zero-order valence-corrected chi connectivity index (χ0v) is 14.2. The van der Waals surface area contributed by atoms with Crippen molar-refractivity contribution in [2.45, 2.75) is 57.0 Å². The standard InChI is InChI=1S/C15H29N3.2ClH/c1-2-5-14(6-3-1)17-9-11-18(12-10-17)15-7-4-8-16-13-15;;/h14-16H,1-13H2;2*1H. The SMILES string of the molecule is C1CCC(N2CCN(C3CCCNC3)CC2)CC1.Cl.Cl. The summed E-state index contributed by atoms with van der Waals surface area (Å²) in [6.07, 6.45) is 10.1. The Morgan fingerprint density at radius 1 is 0.650 bits per heavy atom. The van der Waals surface area contributed by atoms with Crippen LogP contribution in [-0.4, -0.2) is 61.2 Å². The second-order valence-corrected chi connectivity index (χ2v) is 6.36. The third-order valence-electron chi connectivity index (χ3n) is 5.23. The number of nitrogens with one attached hydrogen (secondary N) is 1. The van der Waals surface area contributed by atoms with Crippen molar-refractivity contribution >= 4 is 24.8 Å². The van der Waals surface area contributed by atoms with Crippen LogP contribution in [0.5, 0.6) is 0 Å². The van der Waals surface area contributed by atoms with E-state index in [0.29, 0.717) is 0 Å². The molecule has 1 unspecified atom stereocenters. The van der Waals surface area contributed by atoms with Crippen molar-refractivity contribution in [1.82, 2.24) is 15.1 Å². The van der Waals surface area contributed by atoms with Gasteiger partial charge < -0.3 is 5.32 Å². The molecule has 1 N–H and O–H groups in total. The number of halogens is 2. The molecule has 0 spiro atoms. The highest BCUT2D eigenvalue weighted by atomic mass is 35.5. The Labute approximate surface area is 136 Å². The van der Waals surface area contributed by atoms with Crippen LogP contribution in [0.25, 0.3) is 0 Å². The molecular formula is C15H31Cl2N3. The van der Waals surface area contributed by atoms with Crippen LogP contribution in [0.3, 0.4) is 0 Å². The normalized spacial score (nSPS) is 30.3. The van der Waals surface area contributed by atoms with Crippen LogP contribution in [0, 0.1) is 0 Å². The van der Waals surface area contributed by atoms with Crippen molar-refractivity contribution in [2.75, 3.05) is 39.3 Å². The van der Waals surface area contributed by atoms with Gasteiger partial charge in [-0.1, -0.05) is 19.3 Å². The molecule has 0 aromatic heterocycles. The Bertz CT molecular complexity index is 220. The topological polar surface area (TPSA) is 18.5 Å². The Balaban J connectivity index is 0.000001000. The van der Waals surface area contributed by atoms with E-state index in [4.69, 9.17) is 0 Å². The fourth-order valence-corrected chi connectivity index (χ4v) is 4.06. The quantitative estimate of drug-likeness (QED) is 0.842. The van der Waals surface area contributed by atoms with E-state index < -0.39 is 0 Å². The van der Waals surface area contributed by atoms with Crippen molar-refractivity contribution < 1.29 is 0 Å². The van der Waals surface area contributed by atoms with Gasteiger partial charge in [-0.25, -0.2) is 0 Å². The zero-order valence-electron chi connectivity index (χ0n) is 12.6. The van der Waals surface area contributed by atoms with E-state index in [2.05, 4.69) is 15.1 Å². The molecule has 2 heterocycles. The number of nitrogens with zero attached hydrogens (tertiary/aromatic N) is 2. The first-order chi connectivity index (χ1) is 8.93. The second kappa shape index (κ2) is 9.47. The fourth-order valence-electron chi connectivity index (χ4n) is 4.06. The first-order valence-electron chi connectivity index (χ1n) is 8.12. The summed E-state index contributed by atoms with van der Waals surface area (Å²) in [4.78, 5) is 5.53. The first-order valence-corrected chi connectivity index (χ1v) is 8.12. The van der Waals surface area contributed by atoms with Gasteiger partial charge in [0.15, 0.2) is 0 Å². The summed E-state index contributed by atoms with van der Waals surface area (Å²) in [7, 11) is 0. The lowest BCUT2D eigenvalue weighted by atomic mass is 9.93. The largest absolute Gasteiger partial charge is 0.315 e. The summed E-state index contributed by atoms with van der Waals surface area (Å²) in [5, 5.41) is 3.55. The molecule has 120 valence electrons. The molecule has 3 rings (SSSR count). The lowest BCUT2D eigenvalue weighted by molar-refractivity contribution is 0.0498. The number of hydrogen-bond donors (Lipinski definition) is 1. The van der Waals surface area contributed by atoms with Gasteiger partial charge >= 0.3 is 0 Å². The lowest BCUT2D eigenvalue weighted by Gasteiger charge is -2.44. The Hall–Kier alpha value is 0.460. The molecule has 3 fully saturated rings. The van der Waals surface area contributed by atoms with Crippen molar-refractivity contribution in [3.8, 4) is 0 Å². The summed E-state index contributed by atoms with van der Waals surface area (Å²) >= 11 is 0. The predicted molar refractivity (Wildman–Crippen MR) is 90.4 cm³/mol. The van der Waals surface area contributed by atoms with Crippen molar-refractivity contribution in [2.24, 2.45) is 0 Å². The van der Waals surface area contributed by atoms with Crippen molar-refractivity contribution in [3.63, 3.8) is 0 Å². The predicted octanol–water partition coefficient (Wildman–Crippen LogP) is 2.53. The second-order valence-electron chi connectivity index (χ2n) is 6.36. The first kappa shape index (κ1) is 18.5. The molecule has 1 saturated carbocycles. The van der Waals surface area contributed by atoms with Crippen molar-refractivity contribution in [3.05, 3.63) is 0 Å². The van der Waals surface area contributed by atoms with E-state index in [0.717, 1.165) is 12.1 Å². The van der Waals surface area contributed by atoms with E-state index in [9.17, 15) is 0 Å². The highest BCUT2D eigenvalue weighted by molar-refractivity contribution is 5.85. The van der Waals surface area contributed by atoms with Gasteiger partial charge in [0.1, 0.15) is 0 Å². The molecule has 0 aromatic carbocycles. The smallest absolute Gasteiger partial charge is 0.0222 e. The van der Waals surface area contributed by atoms with Gasteiger partial charge in [-0.2, -0.15) is 0 Å². The van der Waals surface area contributed by atoms with Gasteiger partial charge in [0, 0.05) is 44.8 Å². The minimum Gasteiger partial charge on any atom is -0.315 e. The zero-order chi connectivity index (χ0) is 12.2. The highest BCUT2D eigenvalue weighted by Gasteiger charge is 2.28. The van der Waals surface area contributed by atoms with E-state index in [1.807, 2.05) is 0 Å². The van der Waals surface area contributed by atoms with Crippen LogP contribution in [0.1, 0.15) is 44.9 Å². The van der Waals surface area contributed by atoms with Gasteiger partial charge in [0.25, 0.3) is 0 Å². The third kappa shape index (κ3) is 4.74. The van der Waals surface area contributed by atoms with Crippen LogP contribution in [0.2, 0.25) is 0 Å². The van der Waals surface area contributed by atoms with E-state index >= 15 is 0 Å². The summed E-state index contributed by atoms with van der Waals surface area (Å²) < 4.78 is 0. The minimum absolute atomic E-state index is 0. The third-order valence-corrected chi connectivity index (χ3v) is 5.23. The molecule has 2 saturated heterocycles. The van der Waals surface area contributed by atoms with Gasteiger partial charge in [0.05, 0.1) is 0 Å². The van der Waals surface area contributed by atoms with E-state index in [1.54, 1.807) is 0 Å². The molecule has 0 aromatic rings. The van der Waals surface area contributed by atoms with Gasteiger partial charge in [-0.15, -0.1) is 24.8 Å². The summed E-state index contributed by atoms with van der Waals surface area (Å²) in [6.45, 7) is 7.72. The van der Waals surface area contributed by atoms with Crippen LogP contribution in [0.4, 0.5) is 0 Å². The lowest BCUT2D eigenvalue weighted by Crippen LogP contribution is -2.56. The monoisotopic (exact) mass is 323 g/mol. The molecule has 5 heteroatoms. The number of hydrogen-bond acceptors (Lipinski definition) is 3. The molecule has 0 bridgehead atoms. The summed E-state index contributed by atoms with van der Waals surface area (Å²) in [5.74, 6) is 0. The maximum absolute atomic E-state index is 3.55. The molecule has 2 aliphatic heterocycles. The van der Waals surface area contributed by atoms with Crippen LogP contribution in [-0.2, 0) is 0 Å². The summed E-state index contributed by atoms with van der Waals surface area (Å²) in [6, 6.07) is 1.75. The van der Waals surface area contributed by atoms with Crippen LogP contribution >= 0.6 is 24.8 Å². The number of piperazine rings is 1. The van der Waals surface area contributed by atoms with Gasteiger partial charge in [-0.05, 0) is 32.2 Å². The van der Waals surface area contributed by atoms with E-state index in [1.165, 1.54) is 84.2 Å². The Kier molecular flexibility index (Phi) is 8.77. The Morgan fingerprint density at radius 3 is 1.75 bits per heavy atom. The molecule has 0 amide bonds. The average molecular weight is 324 g/mol. The Morgan fingerprint density at radius 2 is 1.20 bits per heavy atom. The number of piperidine rings is 1. The molecule has 0 radical (unpaired) electrons. The van der Waals surface area contributed by atoms with Crippen molar-refractivity contribution in [1.29, 1.82) is 0 Å². The maximum Gasteiger partial charge on any atom is 0.0222 e. The van der Waals surface area contributed by atoms with Crippen LogP contribution in [0.15, 0.2) is 0 Å². The highest BCUT2D eigenvalue weighted by Crippen LogP contribution is 2.24. The average Bonchev–Trinajstić information content (AvgIpc) is 2.49. The summed E-state index contributed by atoms with van der Waals surface area (Å²) in [5.41, 5.74) is 0. The molecule has 1 atom stereocenters. The van der Waals surface area contributed by atoms with E-state index in [-0.39, 0.29) is 24.8 Å². The molecule has 3 nitrogen and oxygen atoms in total. The van der Waals surface area contributed by atoms with Gasteiger partial charge in [0.2, 0.25) is 0 Å². The maximum atomic E-state index is 3.55. The molecular weight excluding hydrogens is 293 g/mol. The fraction of sp³-hybridized carbons (Fsp3) is 1.00.